The van der Waals surface area contributed by atoms with Gasteiger partial charge in [0.2, 0.25) is 10.0 Å². The van der Waals surface area contributed by atoms with Crippen LogP contribution in [0.4, 0.5) is 0 Å². The second-order valence-electron chi connectivity index (χ2n) is 6.29. The van der Waals surface area contributed by atoms with Crippen LogP contribution in [0.3, 0.4) is 0 Å². The summed E-state index contributed by atoms with van der Waals surface area (Å²) in [6, 6.07) is 11.7. The highest BCUT2D eigenvalue weighted by Crippen LogP contribution is 2.19. The second kappa shape index (κ2) is 8.35. The lowest BCUT2D eigenvalue weighted by Gasteiger charge is -2.31. The van der Waals surface area contributed by atoms with Gasteiger partial charge < -0.3 is 14.6 Å². The Bertz CT molecular complexity index is 927. The van der Waals surface area contributed by atoms with Crippen LogP contribution in [-0.2, 0) is 21.4 Å². The molecular weight excluding hydrogens is 368 g/mol. The van der Waals surface area contributed by atoms with Crippen molar-refractivity contribution in [3.8, 4) is 6.07 Å². The number of piperazine rings is 1. The summed E-state index contributed by atoms with van der Waals surface area (Å²) >= 11 is 0. The van der Waals surface area contributed by atoms with Gasteiger partial charge in [-0.05, 0) is 24.3 Å². The number of carbonyl (C=O) groups excluding carboxylic acids is 1. The predicted molar refractivity (Wildman–Crippen MR) is 96.0 cm³/mol. The lowest BCUT2D eigenvalue weighted by Crippen LogP contribution is -3.15. The molecule has 1 aromatic carbocycles. The van der Waals surface area contributed by atoms with Gasteiger partial charge in [-0.1, -0.05) is 12.1 Å². The van der Waals surface area contributed by atoms with Crippen molar-refractivity contribution in [2.45, 2.75) is 11.4 Å². The first-order valence-electron chi connectivity index (χ1n) is 8.62. The van der Waals surface area contributed by atoms with Crippen molar-refractivity contribution in [1.29, 1.82) is 5.26 Å². The molecule has 1 aliphatic heterocycles. The topological polar surface area (TPSA) is 108 Å². The third kappa shape index (κ3) is 4.54. The van der Waals surface area contributed by atoms with Gasteiger partial charge in [-0.25, -0.2) is 8.42 Å². The molecule has 1 aromatic heterocycles. The number of hydrogen-bond acceptors (Lipinski definition) is 5. The minimum Gasteiger partial charge on any atom is -0.467 e. The number of amides is 1. The summed E-state index contributed by atoms with van der Waals surface area (Å²) in [5.74, 6) is 0.581. The second-order valence-corrected chi connectivity index (χ2v) is 8.20. The minimum absolute atomic E-state index is 0.0344. The summed E-state index contributed by atoms with van der Waals surface area (Å²) in [4.78, 5) is 13.1. The number of benzene rings is 1. The first kappa shape index (κ1) is 19.1. The van der Waals surface area contributed by atoms with Gasteiger partial charge in [-0.2, -0.15) is 9.57 Å². The quantitative estimate of drug-likeness (QED) is 0.683. The molecule has 8 nitrogen and oxygen atoms in total. The molecule has 0 spiro atoms. The maximum Gasteiger partial charge on any atom is 0.275 e. The number of quaternary nitrogens is 1. The third-order valence-electron chi connectivity index (χ3n) is 4.51. The SMILES string of the molecule is N#Cc1ccccc1S(=O)(=O)N1CC[NH+](CC(=O)NCc2ccco2)CC1. The largest absolute Gasteiger partial charge is 0.467 e. The molecule has 0 radical (unpaired) electrons. The van der Waals surface area contributed by atoms with E-state index in [2.05, 4.69) is 5.32 Å². The average Bonchev–Trinajstić information content (AvgIpc) is 3.20. The lowest BCUT2D eigenvalue weighted by atomic mass is 10.2. The fraction of sp³-hybridized carbons (Fsp3) is 0.333. The zero-order chi connectivity index (χ0) is 19.3. The van der Waals surface area contributed by atoms with Crippen LogP contribution >= 0.6 is 0 Å². The number of nitrogens with zero attached hydrogens (tertiary/aromatic N) is 2. The molecule has 142 valence electrons. The van der Waals surface area contributed by atoms with E-state index in [0.29, 0.717) is 38.5 Å². The molecular formula is C18H21N4O4S+. The molecule has 1 saturated heterocycles. The molecule has 2 aromatic rings. The Kier molecular flexibility index (Phi) is 5.91. The molecule has 2 N–H and O–H groups in total. The van der Waals surface area contributed by atoms with Crippen LogP contribution in [0.5, 0.6) is 0 Å². The molecule has 0 saturated carbocycles. The summed E-state index contributed by atoms with van der Waals surface area (Å²) in [5, 5.41) is 11.9. The Morgan fingerprint density at radius 2 is 1.96 bits per heavy atom. The van der Waals surface area contributed by atoms with Crippen LogP contribution < -0.4 is 10.2 Å². The van der Waals surface area contributed by atoms with Crippen molar-refractivity contribution in [2.24, 2.45) is 0 Å². The Morgan fingerprint density at radius 3 is 2.63 bits per heavy atom. The minimum atomic E-state index is -3.71. The molecule has 1 fully saturated rings. The monoisotopic (exact) mass is 389 g/mol. The van der Waals surface area contributed by atoms with Crippen molar-refractivity contribution in [3.63, 3.8) is 0 Å². The van der Waals surface area contributed by atoms with Crippen molar-refractivity contribution in [3.05, 3.63) is 54.0 Å². The zero-order valence-electron chi connectivity index (χ0n) is 14.7. The molecule has 2 heterocycles. The number of sulfonamides is 1. The van der Waals surface area contributed by atoms with Gasteiger partial charge >= 0.3 is 0 Å². The smallest absolute Gasteiger partial charge is 0.275 e. The van der Waals surface area contributed by atoms with Crippen LogP contribution in [0.25, 0.3) is 0 Å². The maximum atomic E-state index is 12.8. The van der Waals surface area contributed by atoms with Crippen LogP contribution in [0, 0.1) is 11.3 Å². The van der Waals surface area contributed by atoms with Gasteiger partial charge in [0, 0.05) is 0 Å². The maximum absolute atomic E-state index is 12.8. The van der Waals surface area contributed by atoms with E-state index in [-0.39, 0.29) is 22.9 Å². The van der Waals surface area contributed by atoms with Gasteiger partial charge in [0.25, 0.3) is 5.91 Å². The van der Waals surface area contributed by atoms with Crippen molar-refractivity contribution < 1.29 is 22.5 Å². The average molecular weight is 389 g/mol. The molecule has 0 bridgehead atoms. The molecule has 1 aliphatic rings. The number of nitriles is 1. The Morgan fingerprint density at radius 1 is 1.22 bits per heavy atom. The van der Waals surface area contributed by atoms with E-state index < -0.39 is 10.0 Å². The highest BCUT2D eigenvalue weighted by atomic mass is 32.2. The number of nitrogens with one attached hydrogen (secondary N) is 2. The molecule has 0 unspecified atom stereocenters. The van der Waals surface area contributed by atoms with Crippen LogP contribution in [0.15, 0.2) is 52.0 Å². The van der Waals surface area contributed by atoms with E-state index in [9.17, 15) is 13.2 Å². The molecule has 3 rings (SSSR count). The highest BCUT2D eigenvalue weighted by molar-refractivity contribution is 7.89. The molecule has 1 amide bonds. The molecule has 27 heavy (non-hydrogen) atoms. The van der Waals surface area contributed by atoms with Gasteiger partial charge in [-0.15, -0.1) is 0 Å². The van der Waals surface area contributed by atoms with E-state index in [0.717, 1.165) is 4.90 Å². The summed E-state index contributed by atoms with van der Waals surface area (Å²) in [7, 11) is -3.71. The van der Waals surface area contributed by atoms with E-state index in [4.69, 9.17) is 9.68 Å². The summed E-state index contributed by atoms with van der Waals surface area (Å²) in [5.41, 5.74) is 0.143. The van der Waals surface area contributed by atoms with Crippen molar-refractivity contribution in [2.75, 3.05) is 32.7 Å². The van der Waals surface area contributed by atoms with Gasteiger partial charge in [-0.3, -0.25) is 4.79 Å². The summed E-state index contributed by atoms with van der Waals surface area (Å²) in [6.45, 7) is 2.30. The Labute approximate surface area is 158 Å². The van der Waals surface area contributed by atoms with E-state index >= 15 is 0 Å². The lowest BCUT2D eigenvalue weighted by molar-refractivity contribution is -0.895. The molecule has 0 aliphatic carbocycles. The van der Waals surface area contributed by atoms with Crippen molar-refractivity contribution in [1.82, 2.24) is 9.62 Å². The van der Waals surface area contributed by atoms with Crippen LogP contribution in [-0.4, -0.2) is 51.4 Å². The summed E-state index contributed by atoms with van der Waals surface area (Å²) < 4.78 is 32.2. The zero-order valence-corrected chi connectivity index (χ0v) is 15.5. The standard InChI is InChI=1S/C18H20N4O4S/c19-12-15-4-1-2-6-17(15)27(24,25)22-9-7-21(8-10-22)14-18(23)20-13-16-5-3-11-26-16/h1-6,11H,7-10,13-14H2,(H,20,23)/p+1. The number of furan rings is 1. The number of hydrogen-bond donors (Lipinski definition) is 2. The number of rotatable bonds is 6. The fourth-order valence-corrected chi connectivity index (χ4v) is 4.61. The fourth-order valence-electron chi connectivity index (χ4n) is 3.03. The molecule has 9 heteroatoms. The molecule has 0 atom stereocenters. The first-order chi connectivity index (χ1) is 13.0. The van der Waals surface area contributed by atoms with Crippen LogP contribution in [0.1, 0.15) is 11.3 Å². The Balaban J connectivity index is 1.54. The van der Waals surface area contributed by atoms with E-state index in [1.54, 1.807) is 30.5 Å². The van der Waals surface area contributed by atoms with Crippen molar-refractivity contribution >= 4 is 15.9 Å². The first-order valence-corrected chi connectivity index (χ1v) is 10.1. The van der Waals surface area contributed by atoms with E-state index in [1.807, 2.05) is 6.07 Å². The Hall–Kier alpha value is -2.67. The predicted octanol–water partition coefficient (Wildman–Crippen LogP) is -0.643. The highest BCUT2D eigenvalue weighted by Gasteiger charge is 2.32. The van der Waals surface area contributed by atoms with Gasteiger partial charge in [0.1, 0.15) is 11.8 Å². The normalized spacial score (nSPS) is 16.0. The van der Waals surface area contributed by atoms with Gasteiger partial charge in [0.05, 0.1) is 49.4 Å². The number of carbonyl (C=O) groups is 1. The summed E-state index contributed by atoms with van der Waals surface area (Å²) in [6.07, 6.45) is 1.55. The van der Waals surface area contributed by atoms with Crippen LogP contribution in [0.2, 0.25) is 0 Å². The van der Waals surface area contributed by atoms with Gasteiger partial charge in [0.15, 0.2) is 6.54 Å². The third-order valence-corrected chi connectivity index (χ3v) is 6.46. The van der Waals surface area contributed by atoms with E-state index in [1.165, 1.54) is 16.4 Å².